The average molecular weight is 98.6 g/mol. The predicted molar refractivity (Wildman–Crippen MR) is 13.0 cm³/mol. The average Bonchev–Trinajstić information content (AvgIpc) is 0.918. The van der Waals surface area contributed by atoms with E-state index in [1.54, 1.807) is 0 Å². The molecule has 0 aromatic rings. The van der Waals surface area contributed by atoms with E-state index in [0.717, 1.165) is 0 Å². The van der Waals surface area contributed by atoms with Gasteiger partial charge in [-0.25, -0.2) is 0 Å². The van der Waals surface area contributed by atoms with Crippen molar-refractivity contribution in [2.75, 3.05) is 0 Å². The maximum Gasteiger partial charge on any atom is 1.00 e. The molecule has 2 heteroatoms. The van der Waals surface area contributed by atoms with Gasteiger partial charge in [-0.15, -0.1) is 0 Å². The molecule has 0 aliphatic heterocycles. The molecule has 0 aromatic heterocycles. The molecule has 0 radical (unpaired) electrons. The predicted octanol–water partition coefficient (Wildman–Crippen LogP) is -2.22. The van der Waals surface area contributed by atoms with E-state index in [4.69, 9.17) is 6.42 Å². The zero-order valence-corrected chi connectivity index (χ0v) is 6.26. The van der Waals surface area contributed by atoms with E-state index in [2.05, 4.69) is 11.6 Å². The van der Waals surface area contributed by atoms with Gasteiger partial charge in [0, 0.05) is 0 Å². The van der Waals surface area contributed by atoms with Gasteiger partial charge in [0.25, 0.3) is 0 Å². The Morgan fingerprint density at radius 3 is 1.75 bits per heavy atom. The van der Waals surface area contributed by atoms with Crippen molar-refractivity contribution in [1.82, 2.24) is 0 Å². The van der Waals surface area contributed by atoms with Crippen molar-refractivity contribution in [3.05, 3.63) is 6.42 Å². The van der Waals surface area contributed by atoms with Crippen LogP contribution in [0.1, 0.15) is 0 Å². The van der Waals surface area contributed by atoms with E-state index in [1.165, 1.54) is 5.38 Å². The fourth-order valence-electron chi connectivity index (χ4n) is 0. The van der Waals surface area contributed by atoms with Crippen LogP contribution in [-0.2, 0) is 0 Å². The monoisotopic (exact) mass is 97.9 g/mol. The van der Waals surface area contributed by atoms with Crippen molar-refractivity contribution in [3.63, 3.8) is 0 Å². The Morgan fingerprint density at radius 1 is 1.75 bits per heavy atom. The SMILES string of the molecule is [C-]#CCl.[K+]. The van der Waals surface area contributed by atoms with Crippen LogP contribution in [0.25, 0.3) is 0 Å². The van der Waals surface area contributed by atoms with Gasteiger partial charge in [0.05, 0.1) is 0 Å². The third-order valence-electron chi connectivity index (χ3n) is 0. The van der Waals surface area contributed by atoms with Gasteiger partial charge in [0.15, 0.2) is 0 Å². The molecule has 4 heavy (non-hydrogen) atoms. The van der Waals surface area contributed by atoms with E-state index in [9.17, 15) is 0 Å². The van der Waals surface area contributed by atoms with Crippen LogP contribution in [0.3, 0.4) is 0 Å². The van der Waals surface area contributed by atoms with E-state index in [0.29, 0.717) is 0 Å². The van der Waals surface area contributed by atoms with Gasteiger partial charge in [-0.3, -0.25) is 5.38 Å². The van der Waals surface area contributed by atoms with Gasteiger partial charge in [-0.1, -0.05) is 11.6 Å². The Hall–Kier alpha value is 1.49. The van der Waals surface area contributed by atoms with Crippen molar-refractivity contribution in [2.45, 2.75) is 0 Å². The Morgan fingerprint density at radius 2 is 1.75 bits per heavy atom. The summed E-state index contributed by atoms with van der Waals surface area (Å²) in [7, 11) is 0. The van der Waals surface area contributed by atoms with E-state index in [-0.39, 0.29) is 51.4 Å². The van der Waals surface area contributed by atoms with Crippen LogP contribution in [0.15, 0.2) is 0 Å². The third kappa shape index (κ3) is 9.76. The van der Waals surface area contributed by atoms with Gasteiger partial charge in [0.1, 0.15) is 0 Å². The summed E-state index contributed by atoms with van der Waals surface area (Å²) in [5.41, 5.74) is 0. The van der Waals surface area contributed by atoms with Crippen LogP contribution in [-0.4, -0.2) is 0 Å². The Kier molecular flexibility index (Phi) is 20.0. The Bertz CT molecular complexity index is 27.5. The minimum Gasteiger partial charge on any atom is -0.675 e. The molecule has 0 amide bonds. The zero-order valence-electron chi connectivity index (χ0n) is 2.38. The van der Waals surface area contributed by atoms with Crippen LogP contribution in [0.5, 0.6) is 0 Å². The van der Waals surface area contributed by atoms with Gasteiger partial charge in [-0.2, -0.15) is 0 Å². The second-order valence-electron chi connectivity index (χ2n) is 0.0945. The fourth-order valence-corrected chi connectivity index (χ4v) is 0. The Balaban J connectivity index is 0. The molecule has 0 saturated heterocycles. The largest absolute Gasteiger partial charge is 1.00 e. The molecule has 0 unspecified atom stereocenters. The minimum absolute atomic E-state index is 0. The first-order chi connectivity index (χ1) is 1.41. The summed E-state index contributed by atoms with van der Waals surface area (Å²) in [6, 6.07) is 0. The molecule has 0 heterocycles. The summed E-state index contributed by atoms with van der Waals surface area (Å²) in [6.45, 7) is 0. The van der Waals surface area contributed by atoms with Crippen molar-refractivity contribution in [3.8, 4) is 5.38 Å². The quantitative estimate of drug-likeness (QED) is 0.183. The summed E-state index contributed by atoms with van der Waals surface area (Å²) < 4.78 is 0. The van der Waals surface area contributed by atoms with Gasteiger partial charge >= 0.3 is 51.4 Å². The fraction of sp³-hybridized carbons (Fsp3) is 0. The normalized spacial score (nSPS) is 2.00. The van der Waals surface area contributed by atoms with Gasteiger partial charge < -0.3 is 6.42 Å². The number of halogens is 1. The molecule has 0 rings (SSSR count). The van der Waals surface area contributed by atoms with Gasteiger partial charge in [-0.05, 0) is 0 Å². The number of rotatable bonds is 0. The Labute approximate surface area is 73.3 Å². The zero-order chi connectivity index (χ0) is 2.71. The van der Waals surface area contributed by atoms with Crippen LogP contribution in [0.4, 0.5) is 0 Å². The van der Waals surface area contributed by atoms with Gasteiger partial charge in [0.2, 0.25) is 0 Å². The summed E-state index contributed by atoms with van der Waals surface area (Å²) in [6.07, 6.45) is 5.72. The molecule has 0 aromatic carbocycles. The molecule has 0 N–H and O–H groups in total. The number of hydrogen-bond acceptors (Lipinski definition) is 0. The second kappa shape index (κ2) is 8.82. The standard InChI is InChI=1S/C2Cl.K/c1-2-3;/q-1;+1. The third-order valence-corrected chi connectivity index (χ3v) is 0. The molecule has 16 valence electrons. The smallest absolute Gasteiger partial charge is 0.675 e. The molecular weight excluding hydrogens is 98.6 g/mol. The summed E-state index contributed by atoms with van der Waals surface area (Å²) in [5.74, 6) is 0. The summed E-state index contributed by atoms with van der Waals surface area (Å²) in [5, 5.41) is 1.47. The van der Waals surface area contributed by atoms with Crippen molar-refractivity contribution >= 4 is 11.6 Å². The van der Waals surface area contributed by atoms with Crippen LogP contribution >= 0.6 is 11.6 Å². The molecule has 0 bridgehead atoms. The van der Waals surface area contributed by atoms with Crippen molar-refractivity contribution in [2.24, 2.45) is 0 Å². The second-order valence-corrected chi connectivity index (χ2v) is 0.283. The molecule has 0 spiro atoms. The molecular formula is C2ClK. The molecule has 0 aliphatic carbocycles. The number of hydrogen-bond donors (Lipinski definition) is 0. The summed E-state index contributed by atoms with van der Waals surface area (Å²) in [4.78, 5) is 0. The van der Waals surface area contributed by atoms with Crippen molar-refractivity contribution in [1.29, 1.82) is 0 Å². The maximum atomic E-state index is 5.72. The first-order valence-corrected chi connectivity index (χ1v) is 0.817. The van der Waals surface area contributed by atoms with Crippen LogP contribution in [0.2, 0.25) is 0 Å². The van der Waals surface area contributed by atoms with Crippen LogP contribution < -0.4 is 51.4 Å². The maximum absolute atomic E-state index is 5.72. The first kappa shape index (κ1) is 9.09. The van der Waals surface area contributed by atoms with E-state index in [1.807, 2.05) is 0 Å². The molecule has 0 aliphatic rings. The first-order valence-electron chi connectivity index (χ1n) is 0.439. The molecule has 0 saturated carbocycles. The molecule has 0 atom stereocenters. The van der Waals surface area contributed by atoms with E-state index < -0.39 is 0 Å². The summed E-state index contributed by atoms with van der Waals surface area (Å²) >= 11 is 4.42. The molecule has 0 nitrogen and oxygen atoms in total. The van der Waals surface area contributed by atoms with E-state index >= 15 is 0 Å². The van der Waals surface area contributed by atoms with Crippen LogP contribution in [0, 0.1) is 11.8 Å². The molecule has 0 fully saturated rings. The topological polar surface area (TPSA) is 0 Å². The van der Waals surface area contributed by atoms with Crippen molar-refractivity contribution < 1.29 is 51.4 Å². The minimum atomic E-state index is 0.